The first-order valence-electron chi connectivity index (χ1n) is 15.7. The lowest BCUT2D eigenvalue weighted by atomic mass is 9.94. The van der Waals surface area contributed by atoms with Gasteiger partial charge in [0.15, 0.2) is 44.1 Å². The van der Waals surface area contributed by atoms with Crippen LogP contribution in [-0.2, 0) is 52.3 Å². The van der Waals surface area contributed by atoms with Gasteiger partial charge in [0, 0.05) is 6.92 Å². The molecule has 0 aromatic heterocycles. The van der Waals surface area contributed by atoms with Crippen LogP contribution in [0.15, 0.2) is 4.99 Å². The molecular weight excluding hydrogens is 700 g/mol. The van der Waals surface area contributed by atoms with Crippen molar-refractivity contribution in [3.05, 3.63) is 0 Å². The van der Waals surface area contributed by atoms with Crippen LogP contribution in [0.25, 0.3) is 0 Å². The molecule has 51 heavy (non-hydrogen) atoms. The van der Waals surface area contributed by atoms with Crippen molar-refractivity contribution in [1.82, 2.24) is 5.32 Å². The summed E-state index contributed by atoms with van der Waals surface area (Å²) in [6.07, 6.45) is -31.4. The molecule has 4 rings (SSSR count). The Balaban J connectivity index is 1.58. The van der Waals surface area contributed by atoms with Crippen LogP contribution in [0.4, 0.5) is 0 Å². The first kappa shape index (κ1) is 41.4. The summed E-state index contributed by atoms with van der Waals surface area (Å²) in [6.45, 7) is -0.654. The van der Waals surface area contributed by atoms with E-state index in [9.17, 15) is 65.4 Å². The molecule has 4 aliphatic rings. The van der Waals surface area contributed by atoms with E-state index in [1.165, 1.54) is 7.11 Å². The van der Waals surface area contributed by atoms with E-state index >= 15 is 0 Å². The summed E-state index contributed by atoms with van der Waals surface area (Å²) in [5.41, 5.74) is 0. The van der Waals surface area contributed by atoms with Crippen LogP contribution in [0.2, 0.25) is 0 Å². The highest BCUT2D eigenvalue weighted by Gasteiger charge is 2.56. The maximum absolute atomic E-state index is 12.3. The maximum atomic E-state index is 12.3. The van der Waals surface area contributed by atoms with Crippen LogP contribution in [0, 0.1) is 0 Å². The largest absolute Gasteiger partial charge is 0.487 e. The van der Waals surface area contributed by atoms with Crippen molar-refractivity contribution >= 4 is 24.9 Å². The van der Waals surface area contributed by atoms with Gasteiger partial charge in [-0.15, -0.1) is 0 Å². The van der Waals surface area contributed by atoms with E-state index in [1.807, 2.05) is 0 Å². The Morgan fingerprint density at radius 3 is 1.76 bits per heavy atom. The highest BCUT2D eigenvalue weighted by molar-refractivity contribution is 5.73. The molecule has 1 amide bonds. The van der Waals surface area contributed by atoms with Crippen LogP contribution >= 0.6 is 0 Å². The second kappa shape index (κ2) is 18.1. The lowest BCUT2D eigenvalue weighted by molar-refractivity contribution is -0.365. The third-order valence-corrected chi connectivity index (χ3v) is 8.73. The van der Waals surface area contributed by atoms with Gasteiger partial charge in [0.05, 0.1) is 20.3 Å². The molecule has 0 saturated carbocycles. The minimum absolute atomic E-state index is 0.124. The third-order valence-electron chi connectivity index (χ3n) is 8.73. The minimum Gasteiger partial charge on any atom is -0.487 e. The number of aliphatic imine (C=N–C) groups is 1. The Morgan fingerprint density at radius 2 is 1.20 bits per heavy atom. The number of nitrogens with zero attached hydrogens (tertiary/aromatic N) is 1. The zero-order valence-electron chi connectivity index (χ0n) is 27.1. The van der Waals surface area contributed by atoms with Crippen LogP contribution in [0.3, 0.4) is 0 Å². The number of ether oxygens (including phenoxy) is 8. The Kier molecular flexibility index (Phi) is 14.7. The molecule has 11 N–H and O–H groups in total. The van der Waals surface area contributed by atoms with Gasteiger partial charge in [-0.2, -0.15) is 0 Å². The van der Waals surface area contributed by atoms with Gasteiger partial charge >= 0.3 is 0 Å². The van der Waals surface area contributed by atoms with Crippen molar-refractivity contribution in [3.8, 4) is 0 Å². The predicted octanol–water partition coefficient (Wildman–Crippen LogP) is -8.51. The van der Waals surface area contributed by atoms with Gasteiger partial charge < -0.3 is 104 Å². The second-order valence-corrected chi connectivity index (χ2v) is 12.1. The number of aliphatic hydroxyl groups excluding tert-OH is 10. The van der Waals surface area contributed by atoms with Crippen LogP contribution < -0.4 is 5.32 Å². The molecule has 23 nitrogen and oxygen atoms in total. The fraction of sp³-hybridized carbons (Fsp3) is 0.857. The minimum atomic E-state index is -2.08. The molecule has 0 aliphatic carbocycles. The summed E-state index contributed by atoms with van der Waals surface area (Å²) >= 11 is 0. The van der Waals surface area contributed by atoms with E-state index in [0.717, 1.165) is 13.3 Å². The van der Waals surface area contributed by atoms with Gasteiger partial charge in [-0.1, -0.05) is 0 Å². The van der Waals surface area contributed by atoms with E-state index in [-0.39, 0.29) is 12.6 Å². The zero-order valence-corrected chi connectivity index (χ0v) is 27.1. The average molecular weight is 745 g/mol. The molecule has 0 spiro atoms. The molecule has 0 radical (unpaired) electrons. The molecule has 4 heterocycles. The number of carbonyl (C=O) groups is 3. The first-order chi connectivity index (χ1) is 24.2. The van der Waals surface area contributed by atoms with E-state index in [2.05, 4.69) is 10.3 Å². The smallest absolute Gasteiger partial charge is 0.217 e. The molecule has 4 saturated heterocycles. The van der Waals surface area contributed by atoms with Crippen LogP contribution in [0.1, 0.15) is 6.92 Å². The molecular formula is C28H44N2O21. The summed E-state index contributed by atoms with van der Waals surface area (Å²) in [5, 5.41) is 107. The van der Waals surface area contributed by atoms with Crippen molar-refractivity contribution in [2.24, 2.45) is 4.99 Å². The highest BCUT2D eigenvalue weighted by atomic mass is 16.8. The zero-order chi connectivity index (χ0) is 37.7. The van der Waals surface area contributed by atoms with E-state index in [4.69, 9.17) is 37.9 Å². The summed E-state index contributed by atoms with van der Waals surface area (Å²) < 4.78 is 43.5. The predicted molar refractivity (Wildman–Crippen MR) is 157 cm³/mol. The Morgan fingerprint density at radius 1 is 0.667 bits per heavy atom. The lowest BCUT2D eigenvalue weighted by Gasteiger charge is -2.49. The molecule has 0 aromatic rings. The normalized spacial score (nSPS) is 47.8. The van der Waals surface area contributed by atoms with Crippen LogP contribution in [-0.4, -0.2) is 219 Å². The third kappa shape index (κ3) is 8.88. The SMILES string of the molecule is COC=N[C@@H]1[C@@H](O[C@@H]2O[C@H](C=O)[C@@H](O[C@@H]3O[C@H](CO)[C@@H](O)[C@H](O[C@@H]4O[C@H](C=O)[C@@H](O)[C@H](O)[C@H]4O)[C@H]3NC(C)=O)[C@H](O)[C@H]2O)[C@H](O)[C@@H](CO)O[C@H]1O. The van der Waals surface area contributed by atoms with Crippen molar-refractivity contribution in [1.29, 1.82) is 0 Å². The van der Waals surface area contributed by atoms with E-state index < -0.39 is 142 Å². The number of amides is 1. The first-order valence-corrected chi connectivity index (χ1v) is 15.7. The van der Waals surface area contributed by atoms with Crippen molar-refractivity contribution in [2.75, 3.05) is 20.3 Å². The van der Waals surface area contributed by atoms with Crippen molar-refractivity contribution < 1.29 is 103 Å². The molecule has 292 valence electrons. The van der Waals surface area contributed by atoms with Gasteiger partial charge in [-0.3, -0.25) is 4.79 Å². The quantitative estimate of drug-likeness (QED) is 0.0474. The summed E-state index contributed by atoms with van der Waals surface area (Å²) in [5.74, 6) is -0.781. The van der Waals surface area contributed by atoms with E-state index in [0.29, 0.717) is 0 Å². The van der Waals surface area contributed by atoms with Crippen LogP contribution in [0.5, 0.6) is 0 Å². The highest BCUT2D eigenvalue weighted by Crippen LogP contribution is 2.34. The Bertz CT molecular complexity index is 1190. The number of aliphatic hydroxyl groups is 10. The second-order valence-electron chi connectivity index (χ2n) is 12.1. The molecule has 0 bridgehead atoms. The number of rotatable bonds is 13. The molecule has 4 aliphatic heterocycles. The van der Waals surface area contributed by atoms with Crippen molar-refractivity contribution in [3.63, 3.8) is 0 Å². The van der Waals surface area contributed by atoms with Gasteiger partial charge in [-0.25, -0.2) is 4.99 Å². The standard InChI is InChI=1S/C28H44N2O21/c1-8(35)30-14-24(51-27-20(41)18(39)15(36)9(3-31)47-27)17(38)11(5-33)46-26(14)49-22-12(6-34)48-28(21(42)19(22)40)50-23-13(29-7-44-2)25(43)45-10(4-32)16(23)37/h3,6-7,9-28,32-33,36-43H,4-5H2,1-2H3,(H,30,35)/t9-,10-,11-,12-,13-,14-,15-,16-,17-,18+,19-,20-,21-,22-,23-,24-,25-,26+,27+,28+/m1/s1. The number of nitrogens with one attached hydrogen (secondary N) is 1. The average Bonchev–Trinajstić information content (AvgIpc) is 3.10. The molecule has 23 heteroatoms. The van der Waals surface area contributed by atoms with Gasteiger partial charge in [0.1, 0.15) is 97.5 Å². The monoisotopic (exact) mass is 744 g/mol. The number of hydrogen-bond donors (Lipinski definition) is 11. The molecule has 20 atom stereocenters. The van der Waals surface area contributed by atoms with Gasteiger partial charge in [0.25, 0.3) is 0 Å². The molecule has 0 aromatic carbocycles. The van der Waals surface area contributed by atoms with Crippen molar-refractivity contribution in [2.45, 2.75) is 130 Å². The Hall–Kier alpha value is -2.40. The van der Waals surface area contributed by atoms with Gasteiger partial charge in [0.2, 0.25) is 5.91 Å². The Labute approximate surface area is 288 Å². The number of carbonyl (C=O) groups excluding carboxylic acids is 3. The molecule has 0 unspecified atom stereocenters. The maximum Gasteiger partial charge on any atom is 0.217 e. The summed E-state index contributed by atoms with van der Waals surface area (Å²) in [4.78, 5) is 39.9. The summed E-state index contributed by atoms with van der Waals surface area (Å²) in [6, 6.07) is -3.06. The summed E-state index contributed by atoms with van der Waals surface area (Å²) in [7, 11) is 1.23. The molecule has 4 fully saturated rings. The van der Waals surface area contributed by atoms with E-state index in [1.54, 1.807) is 0 Å². The van der Waals surface area contributed by atoms with Gasteiger partial charge in [-0.05, 0) is 0 Å². The fourth-order valence-corrected chi connectivity index (χ4v) is 6.06. The number of hydrogen-bond acceptors (Lipinski definition) is 22. The number of aldehydes is 2. The topological polar surface area (TPSA) is 352 Å². The lowest BCUT2D eigenvalue weighted by Crippen LogP contribution is -2.70. The fourth-order valence-electron chi connectivity index (χ4n) is 6.06. The number of methoxy groups -OCH3 is 1.